The molecule has 23 heavy (non-hydrogen) atoms. The van der Waals surface area contributed by atoms with Gasteiger partial charge >= 0.3 is 0 Å². The lowest BCUT2D eigenvalue weighted by Crippen LogP contribution is -2.07. The fourth-order valence-corrected chi connectivity index (χ4v) is 2.13. The largest absolute Gasteiger partial charge is 0.203 e. The van der Waals surface area contributed by atoms with Gasteiger partial charge in [0.25, 0.3) is 0 Å². The highest BCUT2D eigenvalue weighted by Gasteiger charge is 2.25. The van der Waals surface area contributed by atoms with Gasteiger partial charge in [-0.1, -0.05) is 36.9 Å². The molecule has 0 unspecified atom stereocenters. The maximum Gasteiger partial charge on any atom is 0.200 e. The highest BCUT2D eigenvalue weighted by Crippen LogP contribution is 2.28. The summed E-state index contributed by atoms with van der Waals surface area (Å²) in [6, 6.07) is 6.82. The van der Waals surface area contributed by atoms with Crippen molar-refractivity contribution in [1.82, 2.24) is 0 Å². The van der Waals surface area contributed by atoms with Gasteiger partial charge in [0.1, 0.15) is 0 Å². The normalized spacial score (nSPS) is 10.7. The molecule has 5 heteroatoms. The van der Waals surface area contributed by atoms with Gasteiger partial charge in [-0.2, -0.15) is 0 Å². The molecule has 0 aromatic heterocycles. The van der Waals surface area contributed by atoms with Crippen molar-refractivity contribution in [2.45, 2.75) is 13.3 Å². The first-order valence-corrected chi connectivity index (χ1v) is 6.68. The first-order valence-electron chi connectivity index (χ1n) is 6.68. The minimum Gasteiger partial charge on any atom is -0.203 e. The van der Waals surface area contributed by atoms with Gasteiger partial charge in [-0.15, -0.1) is 0 Å². The predicted molar refractivity (Wildman–Crippen MR) is 80.1 cm³/mol. The number of hydrogen-bond donors (Lipinski definition) is 0. The minimum atomic E-state index is -2.17. The molecular formula is C18H13F5. The Morgan fingerprint density at radius 3 is 1.83 bits per heavy atom. The van der Waals surface area contributed by atoms with E-state index in [-0.39, 0.29) is 5.57 Å². The molecule has 0 radical (unpaired) electrons. The van der Waals surface area contributed by atoms with Gasteiger partial charge < -0.3 is 0 Å². The summed E-state index contributed by atoms with van der Waals surface area (Å²) in [5.41, 5.74) is 1.44. The number of halogens is 5. The van der Waals surface area contributed by atoms with E-state index >= 15 is 0 Å². The topological polar surface area (TPSA) is 0 Å². The molecule has 0 heterocycles. The Hall–Kier alpha value is -2.43. The van der Waals surface area contributed by atoms with E-state index in [0.29, 0.717) is 5.56 Å². The van der Waals surface area contributed by atoms with Crippen molar-refractivity contribution < 1.29 is 22.0 Å². The molecular weight excluding hydrogens is 311 g/mol. The molecule has 0 aliphatic carbocycles. The van der Waals surface area contributed by atoms with E-state index in [2.05, 4.69) is 13.2 Å². The molecule has 0 nitrogen and oxygen atoms in total. The zero-order valence-corrected chi connectivity index (χ0v) is 12.3. The van der Waals surface area contributed by atoms with Gasteiger partial charge in [-0.25, -0.2) is 22.0 Å². The van der Waals surface area contributed by atoms with E-state index in [0.717, 1.165) is 11.1 Å². The second kappa shape index (κ2) is 6.36. The first-order chi connectivity index (χ1) is 10.7. The molecule has 0 fully saturated rings. The Kier molecular flexibility index (Phi) is 4.68. The molecule has 0 saturated heterocycles. The van der Waals surface area contributed by atoms with Crippen molar-refractivity contribution in [1.29, 1.82) is 0 Å². The van der Waals surface area contributed by atoms with Gasteiger partial charge in [-0.05, 0) is 29.7 Å². The average Bonchev–Trinajstić information content (AvgIpc) is 2.55. The minimum absolute atomic E-state index is 0.233. The van der Waals surface area contributed by atoms with Crippen LogP contribution in [0.5, 0.6) is 0 Å². The van der Waals surface area contributed by atoms with Gasteiger partial charge in [0.2, 0.25) is 5.82 Å². The smallest absolute Gasteiger partial charge is 0.200 e. The monoisotopic (exact) mass is 324 g/mol. The Bertz CT molecular complexity index is 776. The zero-order valence-electron chi connectivity index (χ0n) is 12.3. The molecule has 0 spiro atoms. The molecule has 0 N–H and O–H groups in total. The summed E-state index contributed by atoms with van der Waals surface area (Å²) in [6.07, 6.45) is -0.495. The van der Waals surface area contributed by atoms with Crippen LogP contribution < -0.4 is 0 Å². The Balaban J connectivity index is 2.42. The molecule has 2 aromatic carbocycles. The average molecular weight is 324 g/mol. The summed E-state index contributed by atoms with van der Waals surface area (Å²) in [7, 11) is 0. The molecule has 2 aromatic rings. The van der Waals surface area contributed by atoms with Crippen LogP contribution in [-0.4, -0.2) is 0 Å². The van der Waals surface area contributed by atoms with Crippen LogP contribution in [0.1, 0.15) is 23.6 Å². The van der Waals surface area contributed by atoms with Crippen LogP contribution in [0.25, 0.3) is 11.1 Å². The second-order valence-electron chi connectivity index (χ2n) is 5.19. The summed E-state index contributed by atoms with van der Waals surface area (Å²) >= 11 is 0. The van der Waals surface area contributed by atoms with E-state index in [1.807, 2.05) is 0 Å². The van der Waals surface area contributed by atoms with Crippen LogP contribution in [0.2, 0.25) is 0 Å². The SMILES string of the molecule is C=C(C)c1cccc(C(=C)Cc2c(F)c(F)c(F)c(F)c2F)c1. The van der Waals surface area contributed by atoms with Gasteiger partial charge in [-0.3, -0.25) is 0 Å². The third-order valence-corrected chi connectivity index (χ3v) is 3.45. The predicted octanol–water partition coefficient (Wildman–Crippen LogP) is 5.67. The standard InChI is InChI=1S/C18H13F5/c1-9(2)11-5-4-6-12(8-11)10(3)7-13-14(19)16(21)18(23)17(22)15(13)20/h4-6,8H,1,3,7H2,2H3. The van der Waals surface area contributed by atoms with Crippen molar-refractivity contribution >= 4 is 11.1 Å². The lowest BCUT2D eigenvalue weighted by molar-refractivity contribution is 0.372. The molecule has 2 rings (SSSR count). The van der Waals surface area contributed by atoms with Gasteiger partial charge in [0, 0.05) is 12.0 Å². The van der Waals surface area contributed by atoms with Crippen LogP contribution in [0, 0.1) is 29.1 Å². The summed E-state index contributed by atoms with van der Waals surface area (Å²) < 4.78 is 66.9. The quantitative estimate of drug-likeness (QED) is 0.386. The Morgan fingerprint density at radius 1 is 0.826 bits per heavy atom. The number of benzene rings is 2. The maximum absolute atomic E-state index is 13.7. The summed E-state index contributed by atoms with van der Waals surface area (Å²) in [6.45, 7) is 9.25. The molecule has 120 valence electrons. The highest BCUT2D eigenvalue weighted by molar-refractivity contribution is 5.71. The fraction of sp³-hybridized carbons (Fsp3) is 0.111. The molecule has 0 aliphatic rings. The lowest BCUT2D eigenvalue weighted by Gasteiger charge is -2.11. The molecule has 0 aliphatic heterocycles. The van der Waals surface area contributed by atoms with E-state index in [4.69, 9.17) is 0 Å². The first kappa shape index (κ1) is 16.9. The number of hydrogen-bond acceptors (Lipinski definition) is 0. The number of allylic oxidation sites excluding steroid dienone is 2. The van der Waals surface area contributed by atoms with Crippen LogP contribution in [0.15, 0.2) is 37.4 Å². The third kappa shape index (κ3) is 3.18. The van der Waals surface area contributed by atoms with E-state index in [1.165, 1.54) is 0 Å². The Morgan fingerprint density at radius 2 is 1.30 bits per heavy atom. The van der Waals surface area contributed by atoms with Gasteiger partial charge in [0.05, 0.1) is 0 Å². The van der Waals surface area contributed by atoms with Crippen molar-refractivity contribution in [3.05, 3.63) is 83.2 Å². The summed E-state index contributed by atoms with van der Waals surface area (Å²) in [5.74, 6) is -9.75. The fourth-order valence-electron chi connectivity index (χ4n) is 2.13. The Labute approximate surface area is 130 Å². The number of rotatable bonds is 4. The van der Waals surface area contributed by atoms with Gasteiger partial charge in [0.15, 0.2) is 23.3 Å². The molecule has 0 bridgehead atoms. The van der Waals surface area contributed by atoms with Crippen LogP contribution >= 0.6 is 0 Å². The maximum atomic E-state index is 13.7. The summed E-state index contributed by atoms with van der Waals surface area (Å²) in [4.78, 5) is 0. The van der Waals surface area contributed by atoms with Crippen molar-refractivity contribution in [3.63, 3.8) is 0 Å². The molecule has 0 atom stereocenters. The highest BCUT2D eigenvalue weighted by atomic mass is 19.2. The van der Waals surface area contributed by atoms with Crippen LogP contribution in [-0.2, 0) is 6.42 Å². The van der Waals surface area contributed by atoms with Crippen molar-refractivity contribution in [2.24, 2.45) is 0 Å². The molecule has 0 amide bonds. The zero-order chi connectivity index (χ0) is 17.3. The van der Waals surface area contributed by atoms with E-state index in [9.17, 15) is 22.0 Å². The third-order valence-electron chi connectivity index (χ3n) is 3.45. The van der Waals surface area contributed by atoms with Crippen molar-refractivity contribution in [3.8, 4) is 0 Å². The van der Waals surface area contributed by atoms with E-state index in [1.54, 1.807) is 31.2 Å². The summed E-state index contributed by atoms with van der Waals surface area (Å²) in [5, 5.41) is 0. The second-order valence-corrected chi connectivity index (χ2v) is 5.19. The lowest BCUT2D eigenvalue weighted by atomic mass is 9.96. The van der Waals surface area contributed by atoms with Crippen molar-refractivity contribution in [2.75, 3.05) is 0 Å². The van der Waals surface area contributed by atoms with Crippen LogP contribution in [0.4, 0.5) is 22.0 Å². The van der Waals surface area contributed by atoms with E-state index < -0.39 is 41.1 Å². The van der Waals surface area contributed by atoms with Crippen LogP contribution in [0.3, 0.4) is 0 Å². The molecule has 0 saturated carbocycles.